The number of amides is 2. The van der Waals surface area contributed by atoms with Crippen LogP contribution in [-0.4, -0.2) is 56.1 Å². The molecule has 0 aromatic heterocycles. The number of piperidine rings is 1. The fourth-order valence-corrected chi connectivity index (χ4v) is 5.70. The summed E-state index contributed by atoms with van der Waals surface area (Å²) in [6, 6.07) is 9.75. The Balaban J connectivity index is 1.42. The van der Waals surface area contributed by atoms with E-state index in [2.05, 4.69) is 0 Å². The Bertz CT molecular complexity index is 694. The lowest BCUT2D eigenvalue weighted by atomic mass is 10.0. The van der Waals surface area contributed by atoms with E-state index in [0.29, 0.717) is 38.3 Å². The summed E-state index contributed by atoms with van der Waals surface area (Å²) in [6.45, 7) is 1.93. The lowest BCUT2D eigenvalue weighted by Crippen LogP contribution is -2.56. The van der Waals surface area contributed by atoms with Gasteiger partial charge in [-0.15, -0.1) is 0 Å². The molecule has 1 atom stereocenters. The normalized spacial score (nSPS) is 25.6. The number of likely N-dealkylation sites (tertiary alicyclic amines) is 1. The fraction of sp³-hybridized carbons (Fsp3) is 0.579. The molecule has 2 heterocycles. The molecule has 1 aromatic rings. The first kappa shape index (κ1) is 16.8. The van der Waals surface area contributed by atoms with E-state index in [1.54, 1.807) is 0 Å². The molecule has 0 bridgehead atoms. The fourth-order valence-electron chi connectivity index (χ4n) is 3.99. The average molecular weight is 360 g/mol. The second kappa shape index (κ2) is 6.56. The molecule has 25 heavy (non-hydrogen) atoms. The maximum absolute atomic E-state index is 12.7. The molecule has 2 amide bonds. The van der Waals surface area contributed by atoms with Crippen molar-refractivity contribution in [1.29, 1.82) is 0 Å². The van der Waals surface area contributed by atoms with Crippen LogP contribution in [0.4, 0.5) is 0 Å². The number of hydrogen-bond donors (Lipinski definition) is 0. The highest BCUT2D eigenvalue weighted by atomic mass is 32.2. The molecule has 5 nitrogen and oxygen atoms in total. The molecule has 2 saturated heterocycles. The molecule has 1 spiro atoms. The van der Waals surface area contributed by atoms with Crippen LogP contribution in [-0.2, 0) is 26.8 Å². The van der Waals surface area contributed by atoms with E-state index in [-0.39, 0.29) is 17.6 Å². The van der Waals surface area contributed by atoms with Crippen LogP contribution in [0.5, 0.6) is 0 Å². The van der Waals surface area contributed by atoms with Gasteiger partial charge in [0.15, 0.2) is 0 Å². The van der Waals surface area contributed by atoms with Gasteiger partial charge in [0, 0.05) is 32.5 Å². The first-order chi connectivity index (χ1) is 12.1. The number of carbonyl (C=O) groups is 2. The minimum Gasteiger partial charge on any atom is -0.342 e. The lowest BCUT2D eigenvalue weighted by Gasteiger charge is -2.43. The van der Waals surface area contributed by atoms with E-state index in [1.807, 2.05) is 40.1 Å². The average Bonchev–Trinajstić information content (AvgIpc) is 3.41. The summed E-state index contributed by atoms with van der Waals surface area (Å²) in [5.74, 6) is 0.901. The summed E-state index contributed by atoms with van der Waals surface area (Å²) >= 11 is 0. The van der Waals surface area contributed by atoms with Crippen molar-refractivity contribution >= 4 is 22.6 Å². The first-order valence-corrected chi connectivity index (χ1v) is 10.4. The van der Waals surface area contributed by atoms with Crippen LogP contribution in [0.3, 0.4) is 0 Å². The number of benzene rings is 1. The zero-order valence-corrected chi connectivity index (χ0v) is 15.2. The number of carbonyl (C=O) groups excluding carboxylic acids is 2. The maximum atomic E-state index is 12.7. The summed E-state index contributed by atoms with van der Waals surface area (Å²) in [4.78, 5) is 28.1. The van der Waals surface area contributed by atoms with Gasteiger partial charge in [-0.2, -0.15) is 0 Å². The summed E-state index contributed by atoms with van der Waals surface area (Å²) < 4.78 is 12.7. The number of rotatable bonds is 4. The molecule has 6 heteroatoms. The van der Waals surface area contributed by atoms with Crippen molar-refractivity contribution in [2.45, 2.75) is 37.0 Å². The van der Waals surface area contributed by atoms with Crippen molar-refractivity contribution in [3.8, 4) is 0 Å². The molecule has 2 aliphatic heterocycles. The van der Waals surface area contributed by atoms with Gasteiger partial charge in [-0.05, 0) is 24.3 Å². The van der Waals surface area contributed by atoms with Gasteiger partial charge in [0.1, 0.15) is 10.6 Å². The summed E-state index contributed by atoms with van der Waals surface area (Å²) in [5, 5.41) is 0. The van der Waals surface area contributed by atoms with Gasteiger partial charge in [-0.1, -0.05) is 30.3 Å². The second-order valence-electron chi connectivity index (χ2n) is 7.43. The van der Waals surface area contributed by atoms with Gasteiger partial charge < -0.3 is 9.80 Å². The standard InChI is InChI=1S/C19H24N2O3S/c22-17(12-15-4-2-1-3-5-15)20-10-8-19(9-11-20)21(13-16-6-7-16)18(23)14-25(19)24/h1-5,16H,6-14H2. The second-order valence-corrected chi connectivity index (χ2v) is 9.17. The Hall–Kier alpha value is -1.69. The number of hydrogen-bond acceptors (Lipinski definition) is 3. The largest absolute Gasteiger partial charge is 0.342 e. The Kier molecular flexibility index (Phi) is 4.40. The molecule has 4 rings (SSSR count). The highest BCUT2D eigenvalue weighted by Crippen LogP contribution is 2.41. The van der Waals surface area contributed by atoms with E-state index >= 15 is 0 Å². The lowest BCUT2D eigenvalue weighted by molar-refractivity contribution is -0.135. The van der Waals surface area contributed by atoms with E-state index in [0.717, 1.165) is 12.1 Å². The van der Waals surface area contributed by atoms with Gasteiger partial charge in [-0.25, -0.2) is 0 Å². The van der Waals surface area contributed by atoms with Crippen LogP contribution in [0.15, 0.2) is 30.3 Å². The van der Waals surface area contributed by atoms with E-state index in [1.165, 1.54) is 12.8 Å². The highest BCUT2D eigenvalue weighted by molar-refractivity contribution is 7.87. The topological polar surface area (TPSA) is 57.7 Å². The minimum absolute atomic E-state index is 0.0364. The molecule has 1 saturated carbocycles. The summed E-state index contributed by atoms with van der Waals surface area (Å²) in [5.41, 5.74) is 1.02. The van der Waals surface area contributed by atoms with E-state index in [9.17, 15) is 13.8 Å². The van der Waals surface area contributed by atoms with Crippen molar-refractivity contribution in [3.05, 3.63) is 35.9 Å². The predicted molar refractivity (Wildman–Crippen MR) is 96.1 cm³/mol. The quantitative estimate of drug-likeness (QED) is 0.819. The molecule has 0 radical (unpaired) electrons. The van der Waals surface area contributed by atoms with Crippen molar-refractivity contribution in [2.24, 2.45) is 5.92 Å². The Morgan fingerprint density at radius 1 is 1.16 bits per heavy atom. The molecule has 1 aliphatic carbocycles. The molecular formula is C19H24N2O3S. The smallest absolute Gasteiger partial charge is 0.236 e. The Labute approximate surface area is 150 Å². The molecule has 1 aromatic carbocycles. The van der Waals surface area contributed by atoms with Crippen molar-refractivity contribution in [2.75, 3.05) is 25.4 Å². The van der Waals surface area contributed by atoms with Crippen LogP contribution >= 0.6 is 0 Å². The van der Waals surface area contributed by atoms with Gasteiger partial charge in [0.25, 0.3) is 0 Å². The van der Waals surface area contributed by atoms with Crippen molar-refractivity contribution in [3.63, 3.8) is 0 Å². The SMILES string of the molecule is O=C(Cc1ccccc1)N1CCC2(CC1)N(CC1CC1)C(=O)CS2=O. The summed E-state index contributed by atoms with van der Waals surface area (Å²) in [7, 11) is -1.14. The molecule has 3 aliphatic rings. The van der Waals surface area contributed by atoms with Crippen LogP contribution in [0, 0.1) is 5.92 Å². The zero-order chi connectivity index (χ0) is 17.4. The van der Waals surface area contributed by atoms with E-state index < -0.39 is 15.7 Å². The zero-order valence-electron chi connectivity index (χ0n) is 14.4. The predicted octanol–water partition coefficient (Wildman–Crippen LogP) is 1.55. The molecular weight excluding hydrogens is 336 g/mol. The molecule has 134 valence electrons. The van der Waals surface area contributed by atoms with Crippen LogP contribution in [0.25, 0.3) is 0 Å². The Morgan fingerprint density at radius 2 is 1.84 bits per heavy atom. The minimum atomic E-state index is -1.14. The van der Waals surface area contributed by atoms with Crippen LogP contribution in [0.2, 0.25) is 0 Å². The molecule has 1 unspecified atom stereocenters. The summed E-state index contributed by atoms with van der Waals surface area (Å²) in [6.07, 6.45) is 4.03. The van der Waals surface area contributed by atoms with Crippen LogP contribution in [0.1, 0.15) is 31.2 Å². The highest BCUT2D eigenvalue weighted by Gasteiger charge is 2.53. The number of nitrogens with zero attached hydrogens (tertiary/aromatic N) is 2. The van der Waals surface area contributed by atoms with Crippen molar-refractivity contribution < 1.29 is 13.8 Å². The monoisotopic (exact) mass is 360 g/mol. The Morgan fingerprint density at radius 3 is 2.48 bits per heavy atom. The van der Waals surface area contributed by atoms with Gasteiger partial charge in [0.2, 0.25) is 11.8 Å². The van der Waals surface area contributed by atoms with Crippen LogP contribution < -0.4 is 0 Å². The van der Waals surface area contributed by atoms with Gasteiger partial charge in [0.05, 0.1) is 17.2 Å². The maximum Gasteiger partial charge on any atom is 0.236 e. The van der Waals surface area contributed by atoms with E-state index in [4.69, 9.17) is 0 Å². The third-order valence-electron chi connectivity index (χ3n) is 5.70. The van der Waals surface area contributed by atoms with Gasteiger partial charge >= 0.3 is 0 Å². The van der Waals surface area contributed by atoms with Gasteiger partial charge in [-0.3, -0.25) is 13.8 Å². The third-order valence-corrected chi connectivity index (χ3v) is 7.69. The first-order valence-electron chi connectivity index (χ1n) is 9.09. The molecule has 3 fully saturated rings. The third kappa shape index (κ3) is 3.24. The van der Waals surface area contributed by atoms with Crippen molar-refractivity contribution in [1.82, 2.24) is 9.80 Å². The molecule has 0 N–H and O–H groups in total.